The van der Waals surface area contributed by atoms with Crippen LogP contribution in [0.15, 0.2) is 63.5 Å². The molecule has 134 valence electrons. The molecule has 0 aliphatic carbocycles. The average molecular weight is 418 g/mol. The molecule has 2 aromatic carbocycles. The Morgan fingerprint density at radius 2 is 1.92 bits per heavy atom. The first-order valence-corrected chi connectivity index (χ1v) is 8.91. The van der Waals surface area contributed by atoms with E-state index in [9.17, 15) is 9.18 Å². The van der Waals surface area contributed by atoms with Gasteiger partial charge in [-0.05, 0) is 54.4 Å². The van der Waals surface area contributed by atoms with Crippen LogP contribution in [0, 0.1) is 5.82 Å². The Bertz CT molecular complexity index is 906. The smallest absolute Gasteiger partial charge is 0.291 e. The third kappa shape index (κ3) is 4.52. The molecule has 3 rings (SSSR count). The zero-order valence-electron chi connectivity index (χ0n) is 14.1. The predicted molar refractivity (Wildman–Crippen MR) is 101 cm³/mol. The van der Waals surface area contributed by atoms with Crippen molar-refractivity contribution in [2.75, 3.05) is 5.32 Å². The molecule has 0 atom stereocenters. The number of ether oxygens (including phenoxy) is 1. The lowest BCUT2D eigenvalue weighted by molar-refractivity contribution is 0.0992. The molecule has 6 heteroatoms. The zero-order chi connectivity index (χ0) is 18.5. The van der Waals surface area contributed by atoms with E-state index in [0.717, 1.165) is 12.2 Å². The number of furan rings is 1. The van der Waals surface area contributed by atoms with Crippen molar-refractivity contribution in [3.05, 3.63) is 82.0 Å². The Kier molecular flexibility index (Phi) is 5.73. The van der Waals surface area contributed by atoms with Crippen molar-refractivity contribution in [2.45, 2.75) is 20.0 Å². The normalized spacial score (nSPS) is 10.6. The molecule has 0 aliphatic rings. The Hall–Kier alpha value is -2.60. The maximum Gasteiger partial charge on any atom is 0.291 e. The second-order valence-corrected chi connectivity index (χ2v) is 6.55. The van der Waals surface area contributed by atoms with Crippen LogP contribution in [0.4, 0.5) is 10.1 Å². The largest absolute Gasteiger partial charge is 0.486 e. The summed E-state index contributed by atoms with van der Waals surface area (Å²) in [5.74, 6) is 0.267. The van der Waals surface area contributed by atoms with Gasteiger partial charge in [-0.3, -0.25) is 4.79 Å². The maximum absolute atomic E-state index is 13.8. The van der Waals surface area contributed by atoms with Crippen LogP contribution in [0.2, 0.25) is 0 Å². The van der Waals surface area contributed by atoms with Crippen molar-refractivity contribution >= 4 is 27.5 Å². The SMILES string of the molecule is CCc1ccc(OCc2ccc(C(=O)Nc3ccc(Br)cc3F)o2)cc1. The third-order valence-electron chi connectivity index (χ3n) is 3.78. The first kappa shape index (κ1) is 18.2. The number of carbonyl (C=O) groups excluding carboxylic acids is 1. The van der Waals surface area contributed by atoms with Gasteiger partial charge in [-0.15, -0.1) is 0 Å². The first-order valence-electron chi connectivity index (χ1n) is 8.12. The molecule has 0 radical (unpaired) electrons. The standard InChI is InChI=1S/C20H17BrFNO3/c1-2-13-3-6-15(7-4-13)25-12-16-8-10-19(26-16)20(24)23-18-9-5-14(21)11-17(18)22/h3-11H,2,12H2,1H3,(H,23,24). The van der Waals surface area contributed by atoms with Crippen LogP contribution in [-0.4, -0.2) is 5.91 Å². The minimum Gasteiger partial charge on any atom is -0.486 e. The second-order valence-electron chi connectivity index (χ2n) is 5.63. The molecule has 0 unspecified atom stereocenters. The van der Waals surface area contributed by atoms with Crippen molar-refractivity contribution in [2.24, 2.45) is 0 Å². The number of halogens is 2. The van der Waals surface area contributed by atoms with Crippen LogP contribution in [0.1, 0.15) is 28.8 Å². The molecule has 0 saturated carbocycles. The minimum absolute atomic E-state index is 0.0865. The fraction of sp³-hybridized carbons (Fsp3) is 0.150. The predicted octanol–water partition coefficient (Wildman–Crippen LogP) is 5.57. The van der Waals surface area contributed by atoms with Gasteiger partial charge in [-0.1, -0.05) is 35.0 Å². The molecule has 1 aromatic heterocycles. The van der Waals surface area contributed by atoms with Gasteiger partial charge in [0.15, 0.2) is 5.76 Å². The molecule has 26 heavy (non-hydrogen) atoms. The highest BCUT2D eigenvalue weighted by molar-refractivity contribution is 9.10. The van der Waals surface area contributed by atoms with Crippen molar-refractivity contribution in [3.8, 4) is 5.75 Å². The van der Waals surface area contributed by atoms with Crippen LogP contribution in [-0.2, 0) is 13.0 Å². The lowest BCUT2D eigenvalue weighted by atomic mass is 10.2. The quantitative estimate of drug-likeness (QED) is 0.569. The van der Waals surface area contributed by atoms with Gasteiger partial charge in [-0.2, -0.15) is 0 Å². The van der Waals surface area contributed by atoms with Crippen LogP contribution in [0.5, 0.6) is 5.75 Å². The lowest BCUT2D eigenvalue weighted by Crippen LogP contribution is -2.12. The number of hydrogen-bond donors (Lipinski definition) is 1. The summed E-state index contributed by atoms with van der Waals surface area (Å²) in [6, 6.07) is 15.4. The molecule has 0 spiro atoms. The van der Waals surface area contributed by atoms with Gasteiger partial charge in [0.25, 0.3) is 5.91 Å². The Balaban J connectivity index is 1.60. The summed E-state index contributed by atoms with van der Waals surface area (Å²) in [6.07, 6.45) is 0.968. The van der Waals surface area contributed by atoms with Crippen molar-refractivity contribution < 1.29 is 18.3 Å². The van der Waals surface area contributed by atoms with Gasteiger partial charge in [0, 0.05) is 4.47 Å². The first-order chi connectivity index (χ1) is 12.5. The molecular weight excluding hydrogens is 401 g/mol. The number of hydrogen-bond acceptors (Lipinski definition) is 3. The van der Waals surface area contributed by atoms with Gasteiger partial charge in [0.05, 0.1) is 5.69 Å². The van der Waals surface area contributed by atoms with Crippen LogP contribution in [0.3, 0.4) is 0 Å². The summed E-state index contributed by atoms with van der Waals surface area (Å²) < 4.78 is 25.5. The maximum atomic E-state index is 13.8. The molecular formula is C20H17BrFNO3. The minimum atomic E-state index is -0.529. The number of nitrogens with one attached hydrogen (secondary N) is 1. The molecule has 0 aliphatic heterocycles. The number of aryl methyl sites for hydroxylation is 1. The fourth-order valence-corrected chi connectivity index (χ4v) is 2.66. The molecule has 4 nitrogen and oxygen atoms in total. The summed E-state index contributed by atoms with van der Waals surface area (Å²) in [6.45, 7) is 2.29. The van der Waals surface area contributed by atoms with Gasteiger partial charge in [0.1, 0.15) is 23.9 Å². The summed E-state index contributed by atoms with van der Waals surface area (Å²) in [7, 11) is 0. The topological polar surface area (TPSA) is 51.5 Å². The summed E-state index contributed by atoms with van der Waals surface area (Å²) in [5, 5.41) is 2.48. The number of anilines is 1. The van der Waals surface area contributed by atoms with Crippen molar-refractivity contribution in [1.82, 2.24) is 0 Å². The molecule has 1 N–H and O–H groups in total. The van der Waals surface area contributed by atoms with E-state index in [4.69, 9.17) is 9.15 Å². The highest BCUT2D eigenvalue weighted by Crippen LogP contribution is 2.21. The van der Waals surface area contributed by atoms with Crippen molar-refractivity contribution in [3.63, 3.8) is 0 Å². The van der Waals surface area contributed by atoms with Gasteiger partial charge in [0.2, 0.25) is 0 Å². The van der Waals surface area contributed by atoms with E-state index >= 15 is 0 Å². The molecule has 1 amide bonds. The molecule has 3 aromatic rings. The fourth-order valence-electron chi connectivity index (χ4n) is 2.33. The van der Waals surface area contributed by atoms with Gasteiger partial charge < -0.3 is 14.5 Å². The molecule has 1 heterocycles. The van der Waals surface area contributed by atoms with Crippen LogP contribution < -0.4 is 10.1 Å². The van der Waals surface area contributed by atoms with E-state index in [1.165, 1.54) is 23.8 Å². The van der Waals surface area contributed by atoms with E-state index in [1.807, 2.05) is 24.3 Å². The van der Waals surface area contributed by atoms with E-state index in [1.54, 1.807) is 12.1 Å². The summed E-state index contributed by atoms with van der Waals surface area (Å²) >= 11 is 3.17. The third-order valence-corrected chi connectivity index (χ3v) is 4.27. The second kappa shape index (κ2) is 8.19. The van der Waals surface area contributed by atoms with E-state index in [-0.39, 0.29) is 18.1 Å². The van der Waals surface area contributed by atoms with Crippen LogP contribution in [0.25, 0.3) is 0 Å². The lowest BCUT2D eigenvalue weighted by Gasteiger charge is -2.06. The molecule has 0 saturated heterocycles. The van der Waals surface area contributed by atoms with E-state index in [2.05, 4.69) is 28.2 Å². The number of benzene rings is 2. The Morgan fingerprint density at radius 3 is 2.62 bits per heavy atom. The highest BCUT2D eigenvalue weighted by Gasteiger charge is 2.14. The monoisotopic (exact) mass is 417 g/mol. The van der Waals surface area contributed by atoms with Gasteiger partial charge in [-0.25, -0.2) is 4.39 Å². The number of amides is 1. The van der Waals surface area contributed by atoms with Gasteiger partial charge >= 0.3 is 0 Å². The summed E-state index contributed by atoms with van der Waals surface area (Å²) in [4.78, 5) is 12.2. The number of rotatable bonds is 6. The van der Waals surface area contributed by atoms with E-state index in [0.29, 0.717) is 10.2 Å². The van der Waals surface area contributed by atoms with E-state index < -0.39 is 11.7 Å². The highest BCUT2D eigenvalue weighted by atomic mass is 79.9. The molecule has 0 fully saturated rings. The molecule has 0 bridgehead atoms. The Morgan fingerprint density at radius 1 is 1.15 bits per heavy atom. The summed E-state index contributed by atoms with van der Waals surface area (Å²) in [5.41, 5.74) is 1.32. The van der Waals surface area contributed by atoms with Crippen molar-refractivity contribution in [1.29, 1.82) is 0 Å². The average Bonchev–Trinajstić information content (AvgIpc) is 3.12. The zero-order valence-corrected chi connectivity index (χ0v) is 15.7. The Labute approximate surface area is 159 Å². The number of carbonyl (C=O) groups is 1. The van der Waals surface area contributed by atoms with Crippen LogP contribution >= 0.6 is 15.9 Å².